The van der Waals surface area contributed by atoms with Crippen LogP contribution in [0.4, 0.5) is 0 Å². The van der Waals surface area contributed by atoms with Gasteiger partial charge in [-0.15, -0.1) is 0 Å². The number of nitriles is 1. The normalized spacial score (nSPS) is 13.4. The van der Waals surface area contributed by atoms with Crippen LogP contribution in [0, 0.1) is 18.3 Å². The van der Waals surface area contributed by atoms with Crippen LogP contribution in [-0.4, -0.2) is 46.9 Å². The van der Waals surface area contributed by atoms with E-state index in [2.05, 4.69) is 40.2 Å². The Bertz CT molecular complexity index is 1240. The molecule has 7 nitrogen and oxygen atoms in total. The molecule has 1 aliphatic heterocycles. The zero-order valence-electron chi connectivity index (χ0n) is 20.1. The zero-order chi connectivity index (χ0) is 24.2. The SMILES string of the molecule is CCOC(=O)CN1CCc2c(ccc(-c3cc(-c4ccc(OC(C)C)c(C#N)c4)n[nH]3)c2C)C1. The number of hydrogen-bond acceptors (Lipinski definition) is 6. The van der Waals surface area contributed by atoms with E-state index in [1.165, 1.54) is 16.7 Å². The van der Waals surface area contributed by atoms with Crippen LogP contribution in [0.5, 0.6) is 5.75 Å². The summed E-state index contributed by atoms with van der Waals surface area (Å²) >= 11 is 0. The van der Waals surface area contributed by atoms with Crippen LogP contribution in [0.25, 0.3) is 22.5 Å². The van der Waals surface area contributed by atoms with Crippen molar-refractivity contribution in [2.24, 2.45) is 0 Å². The van der Waals surface area contributed by atoms with Gasteiger partial charge in [0.05, 0.1) is 36.2 Å². The molecule has 0 radical (unpaired) electrons. The van der Waals surface area contributed by atoms with Gasteiger partial charge in [0.2, 0.25) is 0 Å². The molecule has 0 saturated heterocycles. The Labute approximate surface area is 200 Å². The van der Waals surface area contributed by atoms with E-state index < -0.39 is 0 Å². The Morgan fingerprint density at radius 3 is 2.82 bits per heavy atom. The number of nitrogens with one attached hydrogen (secondary N) is 1. The number of hydrogen-bond donors (Lipinski definition) is 1. The summed E-state index contributed by atoms with van der Waals surface area (Å²) in [6.45, 7) is 10.1. The highest BCUT2D eigenvalue weighted by atomic mass is 16.5. The van der Waals surface area contributed by atoms with Crippen LogP contribution < -0.4 is 4.74 Å². The smallest absolute Gasteiger partial charge is 0.320 e. The molecular formula is C27H30N4O3. The van der Waals surface area contributed by atoms with Crippen molar-refractivity contribution >= 4 is 5.97 Å². The first-order valence-electron chi connectivity index (χ1n) is 11.7. The molecular weight excluding hydrogens is 428 g/mol. The second-order valence-corrected chi connectivity index (χ2v) is 8.80. The molecule has 0 bridgehead atoms. The minimum Gasteiger partial charge on any atom is -0.490 e. The van der Waals surface area contributed by atoms with Crippen LogP contribution in [-0.2, 0) is 22.5 Å². The van der Waals surface area contributed by atoms with E-state index in [-0.39, 0.29) is 12.1 Å². The number of nitrogens with zero attached hydrogens (tertiary/aromatic N) is 3. The summed E-state index contributed by atoms with van der Waals surface area (Å²) in [7, 11) is 0. The van der Waals surface area contributed by atoms with Crippen molar-refractivity contribution < 1.29 is 14.3 Å². The molecule has 0 spiro atoms. The van der Waals surface area contributed by atoms with Crippen LogP contribution in [0.15, 0.2) is 36.4 Å². The summed E-state index contributed by atoms with van der Waals surface area (Å²) in [6.07, 6.45) is 0.886. The van der Waals surface area contributed by atoms with Gasteiger partial charge in [-0.05, 0) is 75.1 Å². The van der Waals surface area contributed by atoms with Gasteiger partial charge >= 0.3 is 5.97 Å². The van der Waals surface area contributed by atoms with Crippen LogP contribution in [0.2, 0.25) is 0 Å². The fourth-order valence-corrected chi connectivity index (χ4v) is 4.46. The van der Waals surface area contributed by atoms with E-state index in [9.17, 15) is 10.1 Å². The van der Waals surface area contributed by atoms with E-state index >= 15 is 0 Å². The van der Waals surface area contributed by atoms with Gasteiger partial charge < -0.3 is 9.47 Å². The third-order valence-electron chi connectivity index (χ3n) is 6.05. The number of aromatic amines is 1. The molecule has 176 valence electrons. The molecule has 3 aromatic rings. The Kier molecular flexibility index (Phi) is 6.99. The first-order valence-corrected chi connectivity index (χ1v) is 11.7. The molecule has 4 rings (SSSR count). The van der Waals surface area contributed by atoms with E-state index in [4.69, 9.17) is 9.47 Å². The van der Waals surface area contributed by atoms with Crippen molar-refractivity contribution in [3.63, 3.8) is 0 Å². The molecule has 34 heavy (non-hydrogen) atoms. The van der Waals surface area contributed by atoms with Crippen molar-refractivity contribution in [3.05, 3.63) is 58.7 Å². The lowest BCUT2D eigenvalue weighted by Crippen LogP contribution is -2.35. The van der Waals surface area contributed by atoms with Gasteiger partial charge in [0.15, 0.2) is 0 Å². The monoisotopic (exact) mass is 458 g/mol. The van der Waals surface area contributed by atoms with Crippen molar-refractivity contribution in [1.29, 1.82) is 5.26 Å². The first-order chi connectivity index (χ1) is 16.4. The number of aromatic nitrogens is 2. The lowest BCUT2D eigenvalue weighted by atomic mass is 9.90. The summed E-state index contributed by atoms with van der Waals surface area (Å²) in [5.41, 5.74) is 7.98. The number of carbonyl (C=O) groups is 1. The van der Waals surface area contributed by atoms with Crippen LogP contribution in [0.1, 0.15) is 43.0 Å². The molecule has 0 amide bonds. The lowest BCUT2D eigenvalue weighted by Gasteiger charge is -2.29. The van der Waals surface area contributed by atoms with Gasteiger partial charge in [0, 0.05) is 24.2 Å². The summed E-state index contributed by atoms with van der Waals surface area (Å²) in [6, 6.07) is 14.1. The van der Waals surface area contributed by atoms with Gasteiger partial charge in [-0.2, -0.15) is 10.4 Å². The predicted molar refractivity (Wildman–Crippen MR) is 130 cm³/mol. The average molecular weight is 459 g/mol. The number of esters is 1. The maximum atomic E-state index is 11.9. The van der Waals surface area contributed by atoms with Gasteiger partial charge in [-0.25, -0.2) is 0 Å². The minimum atomic E-state index is -0.173. The van der Waals surface area contributed by atoms with Crippen LogP contribution >= 0.6 is 0 Å². The highest BCUT2D eigenvalue weighted by molar-refractivity contribution is 5.73. The second kappa shape index (κ2) is 10.1. The Balaban J connectivity index is 1.56. The third-order valence-corrected chi connectivity index (χ3v) is 6.05. The number of rotatable bonds is 7. The van der Waals surface area contributed by atoms with Gasteiger partial charge in [-0.1, -0.05) is 12.1 Å². The molecule has 1 N–H and O–H groups in total. The Hall–Kier alpha value is -3.63. The third kappa shape index (κ3) is 4.97. The van der Waals surface area contributed by atoms with Crippen molar-refractivity contribution in [1.82, 2.24) is 15.1 Å². The first kappa shape index (κ1) is 23.5. The summed E-state index contributed by atoms with van der Waals surface area (Å²) in [5, 5.41) is 17.2. The fourth-order valence-electron chi connectivity index (χ4n) is 4.46. The van der Waals surface area contributed by atoms with E-state index in [1.54, 1.807) is 0 Å². The van der Waals surface area contributed by atoms with Crippen molar-refractivity contribution in [3.8, 4) is 34.3 Å². The predicted octanol–water partition coefficient (Wildman–Crippen LogP) is 4.63. The van der Waals surface area contributed by atoms with E-state index in [0.29, 0.717) is 24.5 Å². The quantitative estimate of drug-likeness (QED) is 0.519. The topological polar surface area (TPSA) is 91.2 Å². The number of fused-ring (bicyclic) bond motifs is 1. The lowest BCUT2D eigenvalue weighted by molar-refractivity contribution is -0.144. The highest BCUT2D eigenvalue weighted by Crippen LogP contribution is 2.33. The number of benzene rings is 2. The van der Waals surface area contributed by atoms with E-state index in [0.717, 1.165) is 42.0 Å². The average Bonchev–Trinajstić information content (AvgIpc) is 3.29. The van der Waals surface area contributed by atoms with Crippen LogP contribution in [0.3, 0.4) is 0 Å². The Morgan fingerprint density at radius 1 is 1.26 bits per heavy atom. The number of H-pyrrole nitrogens is 1. The van der Waals surface area contributed by atoms with Gasteiger partial charge in [0.25, 0.3) is 0 Å². The minimum absolute atomic E-state index is 0.000776. The standard InChI is InChI=1S/C27H30N4O3/c1-5-33-27(32)16-31-11-10-22-18(4)23(8-6-20(22)15-31)25-13-24(29-30-25)19-7-9-26(34-17(2)3)21(12-19)14-28/h6-9,12-13,17H,5,10-11,15-16H2,1-4H3,(H,29,30). The molecule has 0 atom stereocenters. The molecule has 1 aromatic heterocycles. The maximum Gasteiger partial charge on any atom is 0.320 e. The fraction of sp³-hybridized carbons (Fsp3) is 0.370. The molecule has 0 unspecified atom stereocenters. The van der Waals surface area contributed by atoms with E-state index in [1.807, 2.05) is 45.0 Å². The Morgan fingerprint density at radius 2 is 2.09 bits per heavy atom. The maximum absolute atomic E-state index is 11.9. The molecule has 7 heteroatoms. The van der Waals surface area contributed by atoms with Crippen molar-refractivity contribution in [2.75, 3.05) is 19.7 Å². The molecule has 0 fully saturated rings. The number of carbonyl (C=O) groups excluding carboxylic acids is 1. The van der Waals surface area contributed by atoms with Gasteiger partial charge in [0.1, 0.15) is 11.8 Å². The summed E-state index contributed by atoms with van der Waals surface area (Å²) < 4.78 is 10.8. The molecule has 1 aliphatic rings. The number of ether oxygens (including phenoxy) is 2. The molecule has 0 aliphatic carbocycles. The zero-order valence-corrected chi connectivity index (χ0v) is 20.1. The molecule has 2 aromatic carbocycles. The van der Waals surface area contributed by atoms with Crippen molar-refractivity contribution in [2.45, 2.75) is 46.8 Å². The summed E-state index contributed by atoms with van der Waals surface area (Å²) in [4.78, 5) is 14.0. The second-order valence-electron chi connectivity index (χ2n) is 8.80. The largest absolute Gasteiger partial charge is 0.490 e. The molecule has 0 saturated carbocycles. The van der Waals surface area contributed by atoms with Gasteiger partial charge in [-0.3, -0.25) is 14.8 Å². The highest BCUT2D eigenvalue weighted by Gasteiger charge is 2.22. The summed E-state index contributed by atoms with van der Waals surface area (Å²) in [5.74, 6) is 0.409. The molecule has 2 heterocycles.